The summed E-state index contributed by atoms with van der Waals surface area (Å²) in [4.78, 5) is -0.713. The maximum Gasteiger partial charge on any atom is 0.243 e. The van der Waals surface area contributed by atoms with Crippen molar-refractivity contribution in [1.29, 1.82) is 0 Å². The molecule has 2 aromatic rings. The Bertz CT molecular complexity index is 825. The van der Waals surface area contributed by atoms with Crippen LogP contribution in [0.1, 0.15) is 5.56 Å². The van der Waals surface area contributed by atoms with Crippen molar-refractivity contribution in [2.24, 2.45) is 0 Å². The molecule has 0 aliphatic carbocycles. The van der Waals surface area contributed by atoms with Crippen LogP contribution in [0.2, 0.25) is 0 Å². The van der Waals surface area contributed by atoms with Gasteiger partial charge in [-0.1, -0.05) is 6.07 Å². The van der Waals surface area contributed by atoms with Gasteiger partial charge in [0.05, 0.1) is 14.2 Å². The fourth-order valence-electron chi connectivity index (χ4n) is 2.13. The van der Waals surface area contributed by atoms with Gasteiger partial charge in [-0.2, -0.15) is 0 Å². The summed E-state index contributed by atoms with van der Waals surface area (Å²) < 4.78 is 63.4. The summed E-state index contributed by atoms with van der Waals surface area (Å²) in [5.41, 5.74) is 0.801. The first-order chi connectivity index (χ1) is 11.4. The molecule has 0 spiro atoms. The van der Waals surface area contributed by atoms with E-state index in [-0.39, 0.29) is 6.54 Å². The average molecular weight is 357 g/mol. The highest BCUT2D eigenvalue weighted by Gasteiger charge is 2.19. The topological polar surface area (TPSA) is 64.6 Å². The van der Waals surface area contributed by atoms with Gasteiger partial charge in [0.1, 0.15) is 16.5 Å². The van der Waals surface area contributed by atoms with Gasteiger partial charge in [0.2, 0.25) is 10.0 Å². The molecule has 8 heteroatoms. The highest BCUT2D eigenvalue weighted by atomic mass is 32.2. The lowest BCUT2D eigenvalue weighted by molar-refractivity contribution is 0.354. The smallest absolute Gasteiger partial charge is 0.243 e. The van der Waals surface area contributed by atoms with Crippen molar-refractivity contribution in [2.45, 2.75) is 11.3 Å². The molecule has 0 aromatic heterocycles. The van der Waals surface area contributed by atoms with Gasteiger partial charge in [0.15, 0.2) is 11.5 Å². The van der Waals surface area contributed by atoms with Crippen LogP contribution in [0.5, 0.6) is 11.5 Å². The molecule has 0 amide bonds. The molecule has 0 radical (unpaired) electrons. The van der Waals surface area contributed by atoms with Crippen molar-refractivity contribution in [1.82, 2.24) is 4.72 Å². The van der Waals surface area contributed by atoms with Crippen molar-refractivity contribution in [3.63, 3.8) is 0 Å². The van der Waals surface area contributed by atoms with Gasteiger partial charge in [0, 0.05) is 6.54 Å². The van der Waals surface area contributed by atoms with Gasteiger partial charge in [0.25, 0.3) is 0 Å². The number of halogens is 2. The Balaban J connectivity index is 2.07. The summed E-state index contributed by atoms with van der Waals surface area (Å²) in [6.07, 6.45) is 0.344. The van der Waals surface area contributed by atoms with Crippen molar-refractivity contribution in [2.75, 3.05) is 20.8 Å². The maximum atomic E-state index is 13.6. The van der Waals surface area contributed by atoms with Gasteiger partial charge in [-0.3, -0.25) is 0 Å². The van der Waals surface area contributed by atoms with Gasteiger partial charge >= 0.3 is 0 Å². The lowest BCUT2D eigenvalue weighted by atomic mass is 10.1. The van der Waals surface area contributed by atoms with Crippen LogP contribution in [0.4, 0.5) is 8.78 Å². The highest BCUT2D eigenvalue weighted by molar-refractivity contribution is 7.89. The fraction of sp³-hybridized carbons (Fsp3) is 0.250. The summed E-state index contributed by atoms with van der Waals surface area (Å²) in [7, 11) is -1.12. The maximum absolute atomic E-state index is 13.6. The van der Waals surface area contributed by atoms with Crippen LogP contribution in [0.3, 0.4) is 0 Å². The second-order valence-electron chi connectivity index (χ2n) is 4.91. The number of rotatable bonds is 7. The molecule has 0 saturated carbocycles. The standard InChI is InChI=1S/C16H17F2NO4S/c1-22-14-6-3-11(9-15(14)23-2)7-8-19-24(20,21)16-10-12(17)4-5-13(16)18/h3-6,9-10,19H,7-8H2,1-2H3. The molecule has 0 fully saturated rings. The number of methoxy groups -OCH3 is 2. The van der Waals surface area contributed by atoms with E-state index in [1.165, 1.54) is 14.2 Å². The summed E-state index contributed by atoms with van der Waals surface area (Å²) in [5.74, 6) is -0.746. The van der Waals surface area contributed by atoms with Crippen molar-refractivity contribution >= 4 is 10.0 Å². The first-order valence-electron chi connectivity index (χ1n) is 7.03. The lowest BCUT2D eigenvalue weighted by Gasteiger charge is -2.10. The molecule has 2 aromatic carbocycles. The van der Waals surface area contributed by atoms with E-state index in [4.69, 9.17) is 9.47 Å². The average Bonchev–Trinajstić information content (AvgIpc) is 2.56. The zero-order valence-corrected chi connectivity index (χ0v) is 14.0. The predicted molar refractivity (Wildman–Crippen MR) is 84.8 cm³/mol. The highest BCUT2D eigenvalue weighted by Crippen LogP contribution is 2.27. The van der Waals surface area contributed by atoms with E-state index in [1.807, 2.05) is 0 Å². The Morgan fingerprint density at radius 2 is 1.71 bits per heavy atom. The number of sulfonamides is 1. The third-order valence-electron chi connectivity index (χ3n) is 3.34. The van der Waals surface area contributed by atoms with E-state index < -0.39 is 26.6 Å². The van der Waals surface area contributed by atoms with Gasteiger partial charge in [-0.25, -0.2) is 21.9 Å². The Morgan fingerprint density at radius 1 is 1.00 bits per heavy atom. The van der Waals surface area contributed by atoms with Crippen LogP contribution < -0.4 is 14.2 Å². The minimum atomic E-state index is -4.13. The quantitative estimate of drug-likeness (QED) is 0.827. The van der Waals surface area contributed by atoms with E-state index in [2.05, 4.69) is 4.72 Å². The fourth-order valence-corrected chi connectivity index (χ4v) is 3.25. The number of hydrogen-bond donors (Lipinski definition) is 1. The molecule has 24 heavy (non-hydrogen) atoms. The Labute approximate surface area is 139 Å². The van der Waals surface area contributed by atoms with Crippen molar-refractivity contribution in [3.05, 3.63) is 53.6 Å². The van der Waals surface area contributed by atoms with Gasteiger partial charge < -0.3 is 9.47 Å². The number of benzene rings is 2. The molecule has 0 saturated heterocycles. The van der Waals surface area contributed by atoms with Crippen molar-refractivity contribution < 1.29 is 26.7 Å². The predicted octanol–water partition coefficient (Wildman–Crippen LogP) is 2.50. The summed E-state index contributed by atoms with van der Waals surface area (Å²) in [6, 6.07) is 7.47. The largest absolute Gasteiger partial charge is 0.493 e. The second kappa shape index (κ2) is 7.59. The zero-order chi connectivity index (χ0) is 17.7. The van der Waals surface area contributed by atoms with E-state index in [9.17, 15) is 17.2 Å². The van der Waals surface area contributed by atoms with E-state index >= 15 is 0 Å². The minimum Gasteiger partial charge on any atom is -0.493 e. The molecule has 130 valence electrons. The third kappa shape index (κ3) is 4.21. The molecule has 5 nitrogen and oxygen atoms in total. The minimum absolute atomic E-state index is 0.0216. The number of ether oxygens (including phenoxy) is 2. The van der Waals surface area contributed by atoms with E-state index in [1.54, 1.807) is 18.2 Å². The summed E-state index contributed by atoms with van der Waals surface area (Å²) >= 11 is 0. The molecule has 0 bridgehead atoms. The monoisotopic (exact) mass is 357 g/mol. The first-order valence-corrected chi connectivity index (χ1v) is 8.51. The molecule has 0 unspecified atom stereocenters. The van der Waals surface area contributed by atoms with Gasteiger partial charge in [-0.05, 0) is 42.3 Å². The Morgan fingerprint density at radius 3 is 2.38 bits per heavy atom. The molecular weight excluding hydrogens is 340 g/mol. The van der Waals surface area contributed by atoms with Crippen LogP contribution in [-0.4, -0.2) is 29.2 Å². The second-order valence-corrected chi connectivity index (χ2v) is 6.65. The molecule has 0 heterocycles. The SMILES string of the molecule is COc1ccc(CCNS(=O)(=O)c2cc(F)ccc2F)cc1OC. The molecule has 1 N–H and O–H groups in total. The van der Waals surface area contributed by atoms with Crippen molar-refractivity contribution in [3.8, 4) is 11.5 Å². The van der Waals surface area contributed by atoms with Crippen LogP contribution in [0.25, 0.3) is 0 Å². The first kappa shape index (κ1) is 18.2. The zero-order valence-electron chi connectivity index (χ0n) is 13.2. The van der Waals surface area contributed by atoms with Crippen LogP contribution >= 0.6 is 0 Å². The molecule has 0 atom stereocenters. The normalized spacial score (nSPS) is 11.3. The molecule has 0 aliphatic rings. The Hall–Kier alpha value is -2.19. The van der Waals surface area contributed by atoms with E-state index in [0.29, 0.717) is 24.0 Å². The summed E-state index contributed by atoms with van der Waals surface area (Å²) in [5, 5.41) is 0. The summed E-state index contributed by atoms with van der Waals surface area (Å²) in [6.45, 7) is 0.0216. The lowest BCUT2D eigenvalue weighted by Crippen LogP contribution is -2.27. The molecular formula is C16H17F2NO4S. The van der Waals surface area contributed by atoms with Crippen LogP contribution in [0, 0.1) is 11.6 Å². The Kier molecular flexibility index (Phi) is 5.74. The number of hydrogen-bond acceptors (Lipinski definition) is 4. The van der Waals surface area contributed by atoms with Gasteiger partial charge in [-0.15, -0.1) is 0 Å². The van der Waals surface area contributed by atoms with Crippen LogP contribution in [0.15, 0.2) is 41.3 Å². The third-order valence-corrected chi connectivity index (χ3v) is 4.81. The number of nitrogens with one attached hydrogen (secondary N) is 1. The molecule has 0 aliphatic heterocycles. The molecule has 2 rings (SSSR count). The van der Waals surface area contributed by atoms with E-state index in [0.717, 1.165) is 17.7 Å². The van der Waals surface area contributed by atoms with Crippen LogP contribution in [-0.2, 0) is 16.4 Å².